The van der Waals surface area contributed by atoms with Gasteiger partial charge in [-0.25, -0.2) is 12.1 Å². The van der Waals surface area contributed by atoms with Crippen LogP contribution in [-0.2, 0) is 17.1 Å². The fourth-order valence-electron chi connectivity index (χ4n) is 3.15. The minimum Gasteiger partial charge on any atom is -0.872 e. The summed E-state index contributed by atoms with van der Waals surface area (Å²) in [5.41, 5.74) is 6.34. The van der Waals surface area contributed by atoms with E-state index in [1.54, 1.807) is 12.1 Å². The van der Waals surface area contributed by atoms with Crippen molar-refractivity contribution >= 4 is 11.3 Å². The second-order valence-electron chi connectivity index (χ2n) is 6.31. The number of hydrogen-bond donors (Lipinski definition) is 1. The van der Waals surface area contributed by atoms with Crippen LogP contribution in [0.5, 0.6) is 5.75 Å². The summed E-state index contributed by atoms with van der Waals surface area (Å²) in [6, 6.07) is 25.4. The molecule has 0 saturated carbocycles. The van der Waals surface area contributed by atoms with Crippen LogP contribution in [0.3, 0.4) is 0 Å². The smallest absolute Gasteiger partial charge is 0.872 e. The average molecular weight is 405 g/mol. The number of allylic oxidation sites excluding steroid dienone is 6. The zero-order valence-electron chi connectivity index (χ0n) is 15.2. The summed E-state index contributed by atoms with van der Waals surface area (Å²) in [5, 5.41) is 15.1. The van der Waals surface area contributed by atoms with Crippen LogP contribution >= 0.6 is 0 Å². The van der Waals surface area contributed by atoms with Gasteiger partial charge in [-0.2, -0.15) is 18.2 Å². The van der Waals surface area contributed by atoms with Crippen LogP contribution in [-0.4, -0.2) is 0 Å². The summed E-state index contributed by atoms with van der Waals surface area (Å²) in [7, 11) is 0. The van der Waals surface area contributed by atoms with E-state index in [1.807, 2.05) is 66.7 Å². The molecule has 0 unspecified atom stereocenters. The van der Waals surface area contributed by atoms with E-state index in [9.17, 15) is 5.11 Å². The van der Waals surface area contributed by atoms with Crippen molar-refractivity contribution in [1.82, 2.24) is 0 Å². The molecule has 3 heteroatoms. The van der Waals surface area contributed by atoms with Crippen LogP contribution in [0.15, 0.2) is 121 Å². The number of anilines is 1. The van der Waals surface area contributed by atoms with Gasteiger partial charge in [0.15, 0.2) is 0 Å². The number of hydrogen-bond acceptors (Lipinski definition) is 2. The SMILES string of the molecule is [Fe+2].[O-]c1ccc2c(c1)NC(=C1C=CC=C1)C=C2c1ccccc1.c1cc[cH-]c1. The standard InChI is InChI=1S/C20H15NO.C5H5.Fe/c22-16-10-11-17-18(14-6-2-1-3-7-14)13-19(21-20(17)12-16)15-8-4-5-9-15;1-2-4-5-3-1;/h1-13,21-22H;1-5H;/q;-1;+2/p-1. The van der Waals surface area contributed by atoms with Gasteiger partial charge >= 0.3 is 17.1 Å². The Labute approximate surface area is 176 Å². The summed E-state index contributed by atoms with van der Waals surface area (Å²) < 4.78 is 0. The Morgan fingerprint density at radius 1 is 0.821 bits per heavy atom. The van der Waals surface area contributed by atoms with Crippen molar-refractivity contribution in [1.29, 1.82) is 0 Å². The maximum atomic E-state index is 11.7. The molecule has 0 amide bonds. The van der Waals surface area contributed by atoms with Crippen molar-refractivity contribution in [2.75, 3.05) is 5.32 Å². The molecule has 2 nitrogen and oxygen atoms in total. The quantitative estimate of drug-likeness (QED) is 0.435. The fourth-order valence-corrected chi connectivity index (χ4v) is 3.15. The molecule has 0 atom stereocenters. The van der Waals surface area contributed by atoms with Gasteiger partial charge in [-0.3, -0.25) is 0 Å². The minimum atomic E-state index is 0. The minimum absolute atomic E-state index is 0. The van der Waals surface area contributed by atoms with E-state index in [0.717, 1.165) is 33.7 Å². The van der Waals surface area contributed by atoms with Crippen LogP contribution in [0.4, 0.5) is 5.69 Å². The van der Waals surface area contributed by atoms with Gasteiger partial charge in [0, 0.05) is 16.9 Å². The third-order valence-electron chi connectivity index (χ3n) is 4.45. The molecule has 3 aromatic carbocycles. The van der Waals surface area contributed by atoms with Crippen molar-refractivity contribution in [3.63, 3.8) is 0 Å². The normalized spacial score (nSPS) is 13.6. The van der Waals surface area contributed by atoms with Gasteiger partial charge < -0.3 is 10.4 Å². The average Bonchev–Trinajstić information content (AvgIpc) is 3.44. The van der Waals surface area contributed by atoms with Crippen molar-refractivity contribution in [3.05, 3.63) is 132 Å². The summed E-state index contributed by atoms with van der Waals surface area (Å²) in [4.78, 5) is 0. The van der Waals surface area contributed by atoms with Crippen LogP contribution in [0.25, 0.3) is 5.57 Å². The van der Waals surface area contributed by atoms with E-state index in [0.29, 0.717) is 0 Å². The van der Waals surface area contributed by atoms with Crippen molar-refractivity contribution in [2.24, 2.45) is 0 Å². The second kappa shape index (κ2) is 9.18. The van der Waals surface area contributed by atoms with E-state index < -0.39 is 0 Å². The first kappa shape index (κ1) is 19.6. The first-order valence-electron chi connectivity index (χ1n) is 8.92. The van der Waals surface area contributed by atoms with Crippen molar-refractivity contribution < 1.29 is 22.2 Å². The molecular weight excluding hydrogens is 386 g/mol. The molecule has 3 aromatic rings. The molecule has 1 heterocycles. The largest absolute Gasteiger partial charge is 2.00 e. The van der Waals surface area contributed by atoms with Gasteiger partial charge in [-0.1, -0.05) is 66.8 Å². The van der Waals surface area contributed by atoms with Crippen LogP contribution < -0.4 is 10.4 Å². The Kier molecular flexibility index (Phi) is 6.44. The number of benzene rings is 2. The monoisotopic (exact) mass is 405 g/mol. The Balaban J connectivity index is 0.000000329. The van der Waals surface area contributed by atoms with Crippen molar-refractivity contribution in [2.45, 2.75) is 0 Å². The molecule has 1 N–H and O–H groups in total. The van der Waals surface area contributed by atoms with E-state index in [1.165, 1.54) is 0 Å². The number of fused-ring (bicyclic) bond motifs is 1. The summed E-state index contributed by atoms with van der Waals surface area (Å²) in [6.07, 6.45) is 10.3. The third-order valence-corrected chi connectivity index (χ3v) is 4.45. The molecule has 1 aliphatic heterocycles. The van der Waals surface area contributed by atoms with E-state index in [4.69, 9.17) is 0 Å². The van der Waals surface area contributed by atoms with Gasteiger partial charge in [0.1, 0.15) is 0 Å². The Hall–Kier alpha value is -3.13. The third kappa shape index (κ3) is 4.40. The van der Waals surface area contributed by atoms with Crippen molar-refractivity contribution in [3.8, 4) is 5.75 Å². The summed E-state index contributed by atoms with van der Waals surface area (Å²) >= 11 is 0. The molecule has 0 fully saturated rings. The zero-order valence-corrected chi connectivity index (χ0v) is 16.3. The molecule has 28 heavy (non-hydrogen) atoms. The topological polar surface area (TPSA) is 35.1 Å². The van der Waals surface area contributed by atoms with E-state index >= 15 is 0 Å². The molecule has 0 spiro atoms. The molecule has 0 bridgehead atoms. The molecule has 5 rings (SSSR count). The molecule has 2 aliphatic rings. The molecule has 138 valence electrons. The van der Waals surface area contributed by atoms with E-state index in [-0.39, 0.29) is 22.8 Å². The second-order valence-corrected chi connectivity index (χ2v) is 6.31. The predicted octanol–water partition coefficient (Wildman–Crippen LogP) is 5.40. The van der Waals surface area contributed by atoms with Gasteiger partial charge in [-0.05, 0) is 28.9 Å². The molecule has 1 aliphatic carbocycles. The van der Waals surface area contributed by atoms with Gasteiger partial charge in [0.05, 0.1) is 0 Å². The summed E-state index contributed by atoms with van der Waals surface area (Å²) in [5.74, 6) is 0.0161. The van der Waals surface area contributed by atoms with Crippen LogP contribution in [0.2, 0.25) is 0 Å². The van der Waals surface area contributed by atoms with Crippen LogP contribution in [0, 0.1) is 0 Å². The Morgan fingerprint density at radius 2 is 1.54 bits per heavy atom. The van der Waals surface area contributed by atoms with Crippen LogP contribution in [0.1, 0.15) is 11.1 Å². The molecular formula is C25H19FeNO. The molecule has 0 aromatic heterocycles. The van der Waals surface area contributed by atoms with Gasteiger partial charge in [0.2, 0.25) is 0 Å². The Bertz CT molecular complexity index is 1010. The number of rotatable bonds is 1. The molecule has 0 saturated heterocycles. The van der Waals surface area contributed by atoms with Gasteiger partial charge in [0.25, 0.3) is 0 Å². The first-order chi connectivity index (χ1) is 13.3. The predicted molar refractivity (Wildman–Crippen MR) is 110 cm³/mol. The van der Waals surface area contributed by atoms with Gasteiger partial charge in [-0.15, -0.1) is 5.75 Å². The Morgan fingerprint density at radius 3 is 2.18 bits per heavy atom. The van der Waals surface area contributed by atoms with E-state index in [2.05, 4.69) is 35.7 Å². The first-order valence-corrected chi connectivity index (χ1v) is 8.92. The summed E-state index contributed by atoms with van der Waals surface area (Å²) in [6.45, 7) is 0. The maximum Gasteiger partial charge on any atom is 2.00 e. The maximum absolute atomic E-state index is 11.7. The number of nitrogens with one attached hydrogen (secondary N) is 1. The fraction of sp³-hybridized carbons (Fsp3) is 0. The molecule has 0 radical (unpaired) electrons. The zero-order chi connectivity index (χ0) is 18.5.